The van der Waals surface area contributed by atoms with E-state index in [0.717, 1.165) is 24.3 Å². The summed E-state index contributed by atoms with van der Waals surface area (Å²) in [5.41, 5.74) is 0.542. The molecule has 4 rings (SSSR count). The van der Waals surface area contributed by atoms with Gasteiger partial charge in [-0.3, -0.25) is 9.59 Å². The van der Waals surface area contributed by atoms with Crippen LogP contribution in [0.15, 0.2) is 47.1 Å². The molecule has 0 aliphatic carbocycles. The van der Waals surface area contributed by atoms with Crippen molar-refractivity contribution in [2.24, 2.45) is 0 Å². The van der Waals surface area contributed by atoms with Gasteiger partial charge >= 0.3 is 0 Å². The summed E-state index contributed by atoms with van der Waals surface area (Å²) in [7, 11) is 0. The molecular weight excluding hydrogens is 350 g/mol. The van der Waals surface area contributed by atoms with Gasteiger partial charge in [0.25, 0.3) is 5.56 Å². The summed E-state index contributed by atoms with van der Waals surface area (Å²) in [6.07, 6.45) is 6.89. The smallest absolute Gasteiger partial charge is 0.251 e. The van der Waals surface area contributed by atoms with Crippen molar-refractivity contribution >= 4 is 17.2 Å². The minimum atomic E-state index is -0.153. The molecule has 3 aromatic rings. The molecule has 0 saturated carbocycles. The summed E-state index contributed by atoms with van der Waals surface area (Å²) in [5.74, 6) is 0.772. The van der Waals surface area contributed by atoms with E-state index in [1.54, 1.807) is 34.6 Å². The lowest BCUT2D eigenvalue weighted by molar-refractivity contribution is -0.133. The number of nitrogens with one attached hydrogen (secondary N) is 1. The zero-order valence-corrected chi connectivity index (χ0v) is 15.0. The van der Waals surface area contributed by atoms with Gasteiger partial charge in [-0.2, -0.15) is 0 Å². The average Bonchev–Trinajstić information content (AvgIpc) is 3.35. The number of hydrogen-bond acceptors (Lipinski definition) is 5. The maximum atomic E-state index is 12.5. The molecule has 8 heteroatoms. The molecular formula is C18H19N5O2S. The van der Waals surface area contributed by atoms with Gasteiger partial charge < -0.3 is 14.5 Å². The van der Waals surface area contributed by atoms with E-state index in [-0.39, 0.29) is 23.9 Å². The SMILES string of the molecule is O=C(Cn1ccnc1)N1CCC[C@@H](c2nc(-c3cccs3)cc(=O)[nH]2)C1. The molecule has 1 saturated heterocycles. The lowest BCUT2D eigenvalue weighted by atomic mass is 9.97. The molecule has 1 aliphatic rings. The number of thiophene rings is 1. The van der Waals surface area contributed by atoms with E-state index in [1.807, 2.05) is 22.4 Å². The molecule has 26 heavy (non-hydrogen) atoms. The van der Waals surface area contributed by atoms with Gasteiger partial charge in [-0.25, -0.2) is 9.97 Å². The Bertz CT molecular complexity index is 933. The number of aromatic amines is 1. The monoisotopic (exact) mass is 369 g/mol. The summed E-state index contributed by atoms with van der Waals surface area (Å²) in [6, 6.07) is 5.43. The number of rotatable bonds is 4. The number of aromatic nitrogens is 4. The fourth-order valence-electron chi connectivity index (χ4n) is 3.28. The van der Waals surface area contributed by atoms with Gasteiger partial charge in [0.1, 0.15) is 12.4 Å². The number of hydrogen-bond donors (Lipinski definition) is 1. The highest BCUT2D eigenvalue weighted by Crippen LogP contribution is 2.27. The second-order valence-corrected chi connectivity index (χ2v) is 7.35. The standard InChI is InChI=1S/C18H19N5O2S/c24-16-9-14(15-4-2-8-26-15)20-18(21-16)13-3-1-6-23(10-13)17(25)11-22-7-5-19-12-22/h2,4-5,7-9,12-13H,1,3,6,10-11H2,(H,20,21,24)/t13-/m1/s1. The van der Waals surface area contributed by atoms with Crippen LogP contribution in [0.1, 0.15) is 24.6 Å². The normalized spacial score (nSPS) is 17.4. The largest absolute Gasteiger partial charge is 0.340 e. The first-order valence-electron chi connectivity index (χ1n) is 8.58. The first-order valence-corrected chi connectivity index (χ1v) is 9.45. The molecule has 1 atom stereocenters. The minimum absolute atomic E-state index is 0.0445. The predicted octanol–water partition coefficient (Wildman–Crippen LogP) is 2.10. The molecule has 4 heterocycles. The van der Waals surface area contributed by atoms with Crippen LogP contribution >= 0.6 is 11.3 Å². The summed E-state index contributed by atoms with van der Waals surface area (Å²) in [4.78, 5) is 39.0. The molecule has 1 aliphatic heterocycles. The third-order valence-electron chi connectivity index (χ3n) is 4.57. The fraction of sp³-hybridized carbons (Fsp3) is 0.333. The number of H-pyrrole nitrogens is 1. The number of carbonyl (C=O) groups excluding carboxylic acids is 1. The first-order chi connectivity index (χ1) is 12.7. The Labute approximate surface area is 154 Å². The van der Waals surface area contributed by atoms with Crippen LogP contribution in [-0.2, 0) is 11.3 Å². The first kappa shape index (κ1) is 16.7. The Kier molecular flexibility index (Phi) is 4.66. The quantitative estimate of drug-likeness (QED) is 0.763. The van der Waals surface area contributed by atoms with Crippen LogP contribution in [0.2, 0.25) is 0 Å². The number of imidazole rings is 1. The summed E-state index contributed by atoms with van der Waals surface area (Å²) in [6.45, 7) is 1.59. The number of nitrogens with zero attached hydrogens (tertiary/aromatic N) is 4. The van der Waals surface area contributed by atoms with Crippen molar-refractivity contribution in [3.05, 3.63) is 58.5 Å². The van der Waals surface area contributed by atoms with Gasteiger partial charge in [-0.05, 0) is 24.3 Å². The van der Waals surface area contributed by atoms with E-state index in [4.69, 9.17) is 0 Å². The molecule has 0 aromatic carbocycles. The third-order valence-corrected chi connectivity index (χ3v) is 5.46. The van der Waals surface area contributed by atoms with Crippen molar-refractivity contribution in [3.63, 3.8) is 0 Å². The van der Waals surface area contributed by atoms with Crippen molar-refractivity contribution < 1.29 is 4.79 Å². The number of likely N-dealkylation sites (tertiary alicyclic amines) is 1. The Morgan fingerprint density at radius 1 is 1.42 bits per heavy atom. The predicted molar refractivity (Wildman–Crippen MR) is 99.0 cm³/mol. The molecule has 0 radical (unpaired) electrons. The fourth-order valence-corrected chi connectivity index (χ4v) is 3.97. The van der Waals surface area contributed by atoms with E-state index < -0.39 is 0 Å². The van der Waals surface area contributed by atoms with Crippen LogP contribution in [0.25, 0.3) is 10.6 Å². The highest BCUT2D eigenvalue weighted by Gasteiger charge is 2.26. The topological polar surface area (TPSA) is 83.9 Å². The molecule has 1 amide bonds. The van der Waals surface area contributed by atoms with Crippen molar-refractivity contribution in [2.45, 2.75) is 25.3 Å². The van der Waals surface area contributed by atoms with E-state index in [1.165, 1.54) is 6.07 Å². The lowest BCUT2D eigenvalue weighted by Gasteiger charge is -2.32. The summed E-state index contributed by atoms with van der Waals surface area (Å²) >= 11 is 1.56. The second kappa shape index (κ2) is 7.25. The van der Waals surface area contributed by atoms with Gasteiger partial charge in [0, 0.05) is 37.5 Å². The van der Waals surface area contributed by atoms with Gasteiger partial charge in [-0.15, -0.1) is 11.3 Å². The zero-order valence-electron chi connectivity index (χ0n) is 14.2. The Morgan fingerprint density at radius 2 is 2.35 bits per heavy atom. The summed E-state index contributed by atoms with van der Waals surface area (Å²) < 4.78 is 1.77. The molecule has 0 unspecified atom stereocenters. The molecule has 0 spiro atoms. The lowest BCUT2D eigenvalue weighted by Crippen LogP contribution is -2.41. The third kappa shape index (κ3) is 3.60. The van der Waals surface area contributed by atoms with Crippen LogP contribution < -0.4 is 5.56 Å². The summed E-state index contributed by atoms with van der Waals surface area (Å²) in [5, 5.41) is 1.97. The van der Waals surface area contributed by atoms with Crippen molar-refractivity contribution in [1.29, 1.82) is 0 Å². The van der Waals surface area contributed by atoms with E-state index >= 15 is 0 Å². The maximum Gasteiger partial charge on any atom is 0.251 e. The van der Waals surface area contributed by atoms with Gasteiger partial charge in [0.05, 0.1) is 16.9 Å². The van der Waals surface area contributed by atoms with Crippen molar-refractivity contribution in [1.82, 2.24) is 24.4 Å². The highest BCUT2D eigenvalue weighted by molar-refractivity contribution is 7.13. The van der Waals surface area contributed by atoms with Crippen molar-refractivity contribution in [3.8, 4) is 10.6 Å². The van der Waals surface area contributed by atoms with Crippen LogP contribution in [0.4, 0.5) is 0 Å². The minimum Gasteiger partial charge on any atom is -0.340 e. The molecule has 1 fully saturated rings. The zero-order chi connectivity index (χ0) is 17.9. The number of amides is 1. The molecule has 7 nitrogen and oxygen atoms in total. The number of piperidine rings is 1. The van der Waals surface area contributed by atoms with Crippen LogP contribution in [0, 0.1) is 0 Å². The average molecular weight is 369 g/mol. The Balaban J connectivity index is 1.52. The highest BCUT2D eigenvalue weighted by atomic mass is 32.1. The van der Waals surface area contributed by atoms with Crippen LogP contribution in [0.5, 0.6) is 0 Å². The molecule has 134 valence electrons. The van der Waals surface area contributed by atoms with Gasteiger partial charge in [0.15, 0.2) is 0 Å². The Hall–Kier alpha value is -2.74. The van der Waals surface area contributed by atoms with E-state index in [0.29, 0.717) is 18.1 Å². The van der Waals surface area contributed by atoms with E-state index in [9.17, 15) is 9.59 Å². The molecule has 3 aromatic heterocycles. The van der Waals surface area contributed by atoms with Crippen molar-refractivity contribution in [2.75, 3.05) is 13.1 Å². The molecule has 0 bridgehead atoms. The number of carbonyl (C=O) groups is 1. The van der Waals surface area contributed by atoms with Crippen LogP contribution in [0.3, 0.4) is 0 Å². The molecule has 1 N–H and O–H groups in total. The van der Waals surface area contributed by atoms with E-state index in [2.05, 4.69) is 15.0 Å². The van der Waals surface area contributed by atoms with Gasteiger partial charge in [0.2, 0.25) is 5.91 Å². The second-order valence-electron chi connectivity index (χ2n) is 6.41. The maximum absolute atomic E-state index is 12.5. The van der Waals surface area contributed by atoms with Gasteiger partial charge in [-0.1, -0.05) is 6.07 Å². The Morgan fingerprint density at radius 3 is 3.12 bits per heavy atom. The van der Waals surface area contributed by atoms with Crippen LogP contribution in [-0.4, -0.2) is 43.4 Å².